The molecule has 0 atom stereocenters. The van der Waals surface area contributed by atoms with Crippen LogP contribution in [0.2, 0.25) is 0 Å². The summed E-state index contributed by atoms with van der Waals surface area (Å²) in [5.41, 5.74) is 2.45. The van der Waals surface area contributed by atoms with E-state index in [2.05, 4.69) is 27.3 Å². The predicted octanol–water partition coefficient (Wildman–Crippen LogP) is 5.00. The van der Waals surface area contributed by atoms with E-state index in [1.807, 2.05) is 26.0 Å². The van der Waals surface area contributed by atoms with Crippen molar-refractivity contribution < 1.29 is 13.9 Å². The van der Waals surface area contributed by atoms with E-state index in [1.165, 1.54) is 17.7 Å². The first-order chi connectivity index (χ1) is 11.0. The molecule has 5 heteroatoms. The molecule has 0 saturated carbocycles. The zero-order valence-corrected chi connectivity index (χ0v) is 14.7. The maximum Gasteiger partial charge on any atom is 0.224 e. The number of ether oxygens (including phenoxy) is 1. The summed E-state index contributed by atoms with van der Waals surface area (Å²) in [4.78, 5) is 11.8. The number of benzene rings is 2. The van der Waals surface area contributed by atoms with Gasteiger partial charge >= 0.3 is 0 Å². The highest BCUT2D eigenvalue weighted by Crippen LogP contribution is 2.20. The van der Waals surface area contributed by atoms with Gasteiger partial charge in [0.25, 0.3) is 0 Å². The van der Waals surface area contributed by atoms with Crippen LogP contribution >= 0.6 is 15.9 Å². The molecule has 1 N–H and O–H groups in total. The third-order valence-corrected chi connectivity index (χ3v) is 3.83. The number of anilines is 1. The molecule has 1 amide bonds. The van der Waals surface area contributed by atoms with Crippen LogP contribution in [-0.2, 0) is 4.79 Å². The van der Waals surface area contributed by atoms with Gasteiger partial charge in [0.15, 0.2) is 0 Å². The third kappa shape index (κ3) is 5.36. The molecule has 2 rings (SSSR count). The molecule has 3 nitrogen and oxygen atoms in total. The van der Waals surface area contributed by atoms with Crippen LogP contribution in [-0.4, -0.2) is 12.5 Å². The summed E-state index contributed by atoms with van der Waals surface area (Å²) in [6, 6.07) is 10.5. The molecule has 0 heterocycles. The second kappa shape index (κ2) is 8.11. The Balaban J connectivity index is 1.76. The van der Waals surface area contributed by atoms with Crippen molar-refractivity contribution in [3.63, 3.8) is 0 Å². The Morgan fingerprint density at radius 1 is 1.22 bits per heavy atom. The van der Waals surface area contributed by atoms with E-state index in [0.717, 1.165) is 11.3 Å². The number of rotatable bonds is 6. The van der Waals surface area contributed by atoms with Crippen LogP contribution in [0.1, 0.15) is 24.0 Å². The van der Waals surface area contributed by atoms with Crippen LogP contribution in [0.4, 0.5) is 10.1 Å². The van der Waals surface area contributed by atoms with Crippen molar-refractivity contribution in [2.75, 3.05) is 11.9 Å². The average molecular weight is 380 g/mol. The van der Waals surface area contributed by atoms with E-state index >= 15 is 0 Å². The molecule has 0 fully saturated rings. The highest BCUT2D eigenvalue weighted by Gasteiger charge is 2.07. The second-order valence-corrected chi connectivity index (χ2v) is 6.31. The summed E-state index contributed by atoms with van der Waals surface area (Å²) in [5, 5.41) is 2.56. The van der Waals surface area contributed by atoms with Gasteiger partial charge in [-0.1, -0.05) is 33.6 Å². The lowest BCUT2D eigenvalue weighted by molar-refractivity contribution is -0.116. The average Bonchev–Trinajstić information content (AvgIpc) is 2.48. The summed E-state index contributed by atoms with van der Waals surface area (Å²) in [6.45, 7) is 4.47. The fraction of sp³-hybridized carbons (Fsp3) is 0.278. The Hall–Kier alpha value is -1.88. The molecule has 0 spiro atoms. The van der Waals surface area contributed by atoms with Gasteiger partial charge in [-0.05, 0) is 50.1 Å². The number of carbonyl (C=O) groups excluding carboxylic acids is 1. The molecule has 2 aromatic rings. The van der Waals surface area contributed by atoms with Crippen molar-refractivity contribution in [3.05, 3.63) is 57.8 Å². The van der Waals surface area contributed by atoms with E-state index in [-0.39, 0.29) is 18.0 Å². The number of amides is 1. The number of carbonyl (C=O) groups is 1. The maximum absolute atomic E-state index is 13.6. The highest BCUT2D eigenvalue weighted by molar-refractivity contribution is 9.10. The van der Waals surface area contributed by atoms with Crippen LogP contribution < -0.4 is 10.1 Å². The fourth-order valence-electron chi connectivity index (χ4n) is 2.18. The molecule has 23 heavy (non-hydrogen) atoms. The SMILES string of the molecule is Cc1ccc(OCCCC(=O)Nc2ccc(Br)cc2F)c(C)c1. The van der Waals surface area contributed by atoms with Crippen LogP contribution in [0.15, 0.2) is 40.9 Å². The van der Waals surface area contributed by atoms with Crippen LogP contribution in [0.5, 0.6) is 5.75 Å². The molecule has 2 aromatic carbocycles. The minimum absolute atomic E-state index is 0.188. The summed E-state index contributed by atoms with van der Waals surface area (Å²) in [7, 11) is 0. The molecule has 0 aliphatic rings. The van der Waals surface area contributed by atoms with E-state index in [0.29, 0.717) is 17.5 Å². The molecular formula is C18H19BrFNO2. The molecule has 0 bridgehead atoms. The molecule has 0 aromatic heterocycles. The van der Waals surface area contributed by atoms with Gasteiger partial charge in [-0.15, -0.1) is 0 Å². The van der Waals surface area contributed by atoms with E-state index in [4.69, 9.17) is 4.74 Å². The van der Waals surface area contributed by atoms with Gasteiger partial charge in [0.05, 0.1) is 12.3 Å². The van der Waals surface area contributed by atoms with E-state index < -0.39 is 5.82 Å². The van der Waals surface area contributed by atoms with Gasteiger partial charge in [0.2, 0.25) is 5.91 Å². The number of hydrogen-bond donors (Lipinski definition) is 1. The number of nitrogens with one attached hydrogen (secondary N) is 1. The van der Waals surface area contributed by atoms with Crippen molar-refractivity contribution in [2.24, 2.45) is 0 Å². The molecule has 0 radical (unpaired) electrons. The Morgan fingerprint density at radius 3 is 2.70 bits per heavy atom. The predicted molar refractivity (Wildman–Crippen MR) is 93.4 cm³/mol. The minimum Gasteiger partial charge on any atom is -0.493 e. The highest BCUT2D eigenvalue weighted by atomic mass is 79.9. The third-order valence-electron chi connectivity index (χ3n) is 3.34. The first-order valence-corrected chi connectivity index (χ1v) is 8.20. The molecule has 0 unspecified atom stereocenters. The van der Waals surface area contributed by atoms with E-state index in [1.54, 1.807) is 6.07 Å². The number of halogens is 2. The molecule has 122 valence electrons. The number of hydrogen-bond acceptors (Lipinski definition) is 2. The normalized spacial score (nSPS) is 10.4. The van der Waals surface area contributed by atoms with Gasteiger partial charge in [-0.2, -0.15) is 0 Å². The van der Waals surface area contributed by atoms with Gasteiger partial charge in [-0.25, -0.2) is 4.39 Å². The lowest BCUT2D eigenvalue weighted by Gasteiger charge is -2.10. The fourth-order valence-corrected chi connectivity index (χ4v) is 2.51. The summed E-state index contributed by atoms with van der Waals surface area (Å²) in [5.74, 6) is 0.143. The van der Waals surface area contributed by atoms with Gasteiger partial charge in [-0.3, -0.25) is 4.79 Å². The lowest BCUT2D eigenvalue weighted by atomic mass is 10.1. The Labute approximate surface area is 144 Å². The van der Waals surface area contributed by atoms with Crippen molar-refractivity contribution >= 4 is 27.5 Å². The monoisotopic (exact) mass is 379 g/mol. The second-order valence-electron chi connectivity index (χ2n) is 5.39. The molecular weight excluding hydrogens is 361 g/mol. The minimum atomic E-state index is -0.459. The molecule has 0 aliphatic heterocycles. The largest absolute Gasteiger partial charge is 0.493 e. The standard InChI is InChI=1S/C18H19BrFNO2/c1-12-5-8-17(13(2)10-12)23-9-3-4-18(22)21-16-7-6-14(19)11-15(16)20/h5-8,10-11H,3-4,9H2,1-2H3,(H,21,22). The summed E-state index contributed by atoms with van der Waals surface area (Å²) >= 11 is 3.18. The summed E-state index contributed by atoms with van der Waals surface area (Å²) < 4.78 is 19.9. The van der Waals surface area contributed by atoms with Crippen LogP contribution in [0, 0.1) is 19.7 Å². The topological polar surface area (TPSA) is 38.3 Å². The number of aryl methyl sites for hydroxylation is 2. The maximum atomic E-state index is 13.6. The van der Waals surface area contributed by atoms with Crippen LogP contribution in [0.3, 0.4) is 0 Å². The Bertz CT molecular complexity index is 703. The zero-order chi connectivity index (χ0) is 16.8. The Kier molecular flexibility index (Phi) is 6.16. The lowest BCUT2D eigenvalue weighted by Crippen LogP contribution is -2.13. The van der Waals surface area contributed by atoms with Crippen molar-refractivity contribution in [1.29, 1.82) is 0 Å². The van der Waals surface area contributed by atoms with Gasteiger partial charge in [0.1, 0.15) is 11.6 Å². The first-order valence-electron chi connectivity index (χ1n) is 7.40. The van der Waals surface area contributed by atoms with Crippen molar-refractivity contribution in [2.45, 2.75) is 26.7 Å². The van der Waals surface area contributed by atoms with Gasteiger partial charge < -0.3 is 10.1 Å². The Morgan fingerprint density at radius 2 is 2.00 bits per heavy atom. The van der Waals surface area contributed by atoms with Crippen molar-refractivity contribution in [1.82, 2.24) is 0 Å². The molecule has 0 aliphatic carbocycles. The molecule has 0 saturated heterocycles. The van der Waals surface area contributed by atoms with Gasteiger partial charge in [0, 0.05) is 10.9 Å². The quantitative estimate of drug-likeness (QED) is 0.716. The first kappa shape index (κ1) is 17.5. The van der Waals surface area contributed by atoms with E-state index in [9.17, 15) is 9.18 Å². The smallest absolute Gasteiger partial charge is 0.224 e. The van der Waals surface area contributed by atoms with Crippen LogP contribution in [0.25, 0.3) is 0 Å². The van der Waals surface area contributed by atoms with Crippen molar-refractivity contribution in [3.8, 4) is 5.75 Å². The zero-order valence-electron chi connectivity index (χ0n) is 13.2. The summed E-state index contributed by atoms with van der Waals surface area (Å²) in [6.07, 6.45) is 0.845.